The number of amides is 1. The van der Waals surface area contributed by atoms with Crippen LogP contribution in [0.3, 0.4) is 0 Å². The van der Waals surface area contributed by atoms with Gasteiger partial charge in [-0.2, -0.15) is 0 Å². The number of carbonyl (C=O) groups excluding carboxylic acids is 1. The van der Waals surface area contributed by atoms with Crippen LogP contribution >= 0.6 is 12.4 Å². The number of rotatable bonds is 1. The predicted molar refractivity (Wildman–Crippen MR) is 73.1 cm³/mol. The fourth-order valence-electron chi connectivity index (χ4n) is 2.86. The molecule has 1 aromatic heterocycles. The quantitative estimate of drug-likeness (QED) is 0.817. The van der Waals surface area contributed by atoms with E-state index < -0.39 is 5.41 Å². The van der Waals surface area contributed by atoms with Gasteiger partial charge >= 0.3 is 0 Å². The van der Waals surface area contributed by atoms with Crippen LogP contribution in [0.4, 0.5) is 5.82 Å². The van der Waals surface area contributed by atoms with Crippen LogP contribution in [0.15, 0.2) is 12.3 Å². The molecule has 0 unspecified atom stereocenters. The molecule has 3 N–H and O–H groups in total. The maximum Gasteiger partial charge on any atom is 0.235 e. The van der Waals surface area contributed by atoms with Gasteiger partial charge in [0.15, 0.2) is 0 Å². The third-order valence-corrected chi connectivity index (χ3v) is 4.02. The van der Waals surface area contributed by atoms with Gasteiger partial charge < -0.3 is 11.1 Å². The lowest BCUT2D eigenvalue weighted by Gasteiger charge is -2.35. The first-order chi connectivity index (χ1) is 8.00. The van der Waals surface area contributed by atoms with Gasteiger partial charge in [0.25, 0.3) is 0 Å². The van der Waals surface area contributed by atoms with E-state index in [1.54, 1.807) is 6.20 Å². The van der Waals surface area contributed by atoms with Crippen molar-refractivity contribution in [2.45, 2.75) is 44.1 Å². The van der Waals surface area contributed by atoms with Gasteiger partial charge in [0.2, 0.25) is 5.91 Å². The topological polar surface area (TPSA) is 68.0 Å². The van der Waals surface area contributed by atoms with E-state index in [0.29, 0.717) is 12.0 Å². The number of aromatic nitrogens is 1. The molecule has 1 fully saturated rings. The van der Waals surface area contributed by atoms with Crippen molar-refractivity contribution in [2.75, 3.05) is 5.32 Å². The van der Waals surface area contributed by atoms with Crippen LogP contribution in [0, 0.1) is 0 Å². The van der Waals surface area contributed by atoms with Crippen molar-refractivity contribution in [1.82, 2.24) is 4.98 Å². The lowest BCUT2D eigenvalue weighted by molar-refractivity contribution is -0.119. The normalized spacial score (nSPS) is 27.8. The Morgan fingerprint density at radius 1 is 1.44 bits per heavy atom. The van der Waals surface area contributed by atoms with Crippen LogP contribution in [0.25, 0.3) is 0 Å². The van der Waals surface area contributed by atoms with Gasteiger partial charge in [-0.1, -0.05) is 0 Å². The summed E-state index contributed by atoms with van der Waals surface area (Å²) >= 11 is 0. The second kappa shape index (κ2) is 4.21. The molecule has 18 heavy (non-hydrogen) atoms. The Kier molecular flexibility index (Phi) is 3.11. The van der Waals surface area contributed by atoms with E-state index in [-0.39, 0.29) is 18.3 Å². The third kappa shape index (κ3) is 1.71. The molecule has 0 bridgehead atoms. The van der Waals surface area contributed by atoms with Gasteiger partial charge in [0.05, 0.1) is 5.41 Å². The van der Waals surface area contributed by atoms with E-state index >= 15 is 0 Å². The summed E-state index contributed by atoms with van der Waals surface area (Å²) in [6.07, 6.45) is 3.81. The molecule has 1 aliphatic heterocycles. The summed E-state index contributed by atoms with van der Waals surface area (Å²) < 4.78 is 0. The van der Waals surface area contributed by atoms with E-state index in [2.05, 4.69) is 10.3 Å². The standard InChI is InChI=1S/C13H17N3O.ClH/c1-13(2)10-9(7-5-8(14)6-7)3-4-15-11(10)16-12(13)17;/h3-4,7-8H,5-6,14H2,1-2H3,(H,15,16,17);1H. The Labute approximate surface area is 113 Å². The molecule has 1 aliphatic carbocycles. The first-order valence-electron chi connectivity index (χ1n) is 6.06. The maximum absolute atomic E-state index is 11.9. The fourth-order valence-corrected chi connectivity index (χ4v) is 2.86. The minimum Gasteiger partial charge on any atom is -0.328 e. The highest BCUT2D eigenvalue weighted by Gasteiger charge is 2.43. The number of nitrogens with two attached hydrogens (primary N) is 1. The predicted octanol–water partition coefficient (Wildman–Crippen LogP) is 1.94. The summed E-state index contributed by atoms with van der Waals surface area (Å²) in [5.74, 6) is 1.27. The zero-order valence-corrected chi connectivity index (χ0v) is 11.4. The number of hydrogen-bond acceptors (Lipinski definition) is 3. The van der Waals surface area contributed by atoms with Crippen LogP contribution in [0.2, 0.25) is 0 Å². The molecule has 0 atom stereocenters. The first-order valence-corrected chi connectivity index (χ1v) is 6.06. The van der Waals surface area contributed by atoms with E-state index in [1.165, 1.54) is 5.56 Å². The van der Waals surface area contributed by atoms with Crippen molar-refractivity contribution in [1.29, 1.82) is 0 Å². The van der Waals surface area contributed by atoms with E-state index in [9.17, 15) is 4.79 Å². The molecule has 1 amide bonds. The second-order valence-electron chi connectivity index (χ2n) is 5.63. The second-order valence-corrected chi connectivity index (χ2v) is 5.63. The Balaban J connectivity index is 0.00000120. The lowest BCUT2D eigenvalue weighted by Crippen LogP contribution is -2.36. The Hall–Kier alpha value is -1.13. The van der Waals surface area contributed by atoms with Crippen molar-refractivity contribution in [3.63, 3.8) is 0 Å². The molecule has 5 heteroatoms. The number of anilines is 1. The number of fused-ring (bicyclic) bond motifs is 1. The highest BCUT2D eigenvalue weighted by Crippen LogP contribution is 2.45. The summed E-state index contributed by atoms with van der Waals surface area (Å²) in [6, 6.07) is 2.36. The summed E-state index contributed by atoms with van der Waals surface area (Å²) in [7, 11) is 0. The number of hydrogen-bond donors (Lipinski definition) is 2. The van der Waals surface area contributed by atoms with Crippen molar-refractivity contribution >= 4 is 24.1 Å². The number of nitrogens with one attached hydrogen (secondary N) is 1. The van der Waals surface area contributed by atoms with Crippen LogP contribution in [0.1, 0.15) is 43.7 Å². The molecule has 2 heterocycles. The summed E-state index contributed by atoms with van der Waals surface area (Å²) in [5, 5.41) is 2.86. The van der Waals surface area contributed by atoms with Crippen molar-refractivity contribution < 1.29 is 4.79 Å². The number of carbonyl (C=O) groups is 1. The molecule has 2 aliphatic rings. The first kappa shape index (κ1) is 13.3. The van der Waals surface area contributed by atoms with Crippen molar-refractivity contribution in [3.05, 3.63) is 23.4 Å². The molecule has 0 spiro atoms. The molecule has 0 radical (unpaired) electrons. The monoisotopic (exact) mass is 267 g/mol. The fraction of sp³-hybridized carbons (Fsp3) is 0.538. The van der Waals surface area contributed by atoms with Crippen LogP contribution in [-0.2, 0) is 10.2 Å². The highest BCUT2D eigenvalue weighted by atomic mass is 35.5. The molecule has 0 saturated heterocycles. The average Bonchev–Trinajstić information content (AvgIpc) is 2.46. The minimum atomic E-state index is -0.474. The highest BCUT2D eigenvalue weighted by molar-refractivity contribution is 6.05. The molecule has 1 saturated carbocycles. The van der Waals surface area contributed by atoms with Gasteiger partial charge in [-0.3, -0.25) is 4.79 Å². The summed E-state index contributed by atoms with van der Waals surface area (Å²) in [5.41, 5.74) is 7.70. The summed E-state index contributed by atoms with van der Waals surface area (Å²) in [6.45, 7) is 3.91. The smallest absolute Gasteiger partial charge is 0.235 e. The van der Waals surface area contributed by atoms with E-state index in [4.69, 9.17) is 5.73 Å². The van der Waals surface area contributed by atoms with Crippen molar-refractivity contribution in [2.24, 2.45) is 5.73 Å². The van der Waals surface area contributed by atoms with Crippen LogP contribution in [0.5, 0.6) is 0 Å². The van der Waals surface area contributed by atoms with Gasteiger partial charge in [-0.15, -0.1) is 12.4 Å². The van der Waals surface area contributed by atoms with E-state index in [0.717, 1.165) is 24.2 Å². The Morgan fingerprint density at radius 3 is 2.72 bits per heavy atom. The molecule has 4 nitrogen and oxygen atoms in total. The number of nitrogens with zero attached hydrogens (tertiary/aromatic N) is 1. The Bertz CT molecular complexity index is 495. The van der Waals surface area contributed by atoms with Gasteiger partial charge in [0.1, 0.15) is 5.82 Å². The maximum atomic E-state index is 11.9. The van der Waals surface area contributed by atoms with E-state index in [1.807, 2.05) is 19.9 Å². The zero-order valence-electron chi connectivity index (χ0n) is 10.6. The SMILES string of the molecule is CC1(C)C(=O)Nc2nccc(C3CC(N)C3)c21.Cl. The average molecular weight is 268 g/mol. The third-order valence-electron chi connectivity index (χ3n) is 4.02. The number of halogens is 1. The molecule has 98 valence electrons. The van der Waals surface area contributed by atoms with Gasteiger partial charge in [0, 0.05) is 17.8 Å². The molecule has 1 aromatic rings. The largest absolute Gasteiger partial charge is 0.328 e. The van der Waals surface area contributed by atoms with Crippen LogP contribution < -0.4 is 11.1 Å². The van der Waals surface area contributed by atoms with Gasteiger partial charge in [-0.05, 0) is 44.2 Å². The summed E-state index contributed by atoms with van der Waals surface area (Å²) in [4.78, 5) is 16.2. The Morgan fingerprint density at radius 2 is 2.11 bits per heavy atom. The van der Waals surface area contributed by atoms with Crippen molar-refractivity contribution in [3.8, 4) is 0 Å². The van der Waals surface area contributed by atoms with Gasteiger partial charge in [-0.25, -0.2) is 4.98 Å². The minimum absolute atomic E-state index is 0. The molecular weight excluding hydrogens is 250 g/mol. The lowest BCUT2D eigenvalue weighted by atomic mass is 9.71. The number of pyridine rings is 1. The van der Waals surface area contributed by atoms with Crippen LogP contribution in [-0.4, -0.2) is 16.9 Å². The molecular formula is C13H18ClN3O. The zero-order chi connectivity index (χ0) is 12.2. The molecule has 0 aromatic carbocycles. The molecule has 3 rings (SSSR count).